The van der Waals surface area contributed by atoms with Gasteiger partial charge in [0.2, 0.25) is 0 Å². The third-order valence-corrected chi connectivity index (χ3v) is 3.12. The van der Waals surface area contributed by atoms with Gasteiger partial charge in [0.1, 0.15) is 5.69 Å². The molecule has 0 saturated carbocycles. The second-order valence-corrected chi connectivity index (χ2v) is 5.37. The quantitative estimate of drug-likeness (QED) is 0.783. The van der Waals surface area contributed by atoms with E-state index in [1.807, 2.05) is 0 Å². The van der Waals surface area contributed by atoms with Crippen molar-refractivity contribution in [3.8, 4) is 0 Å². The zero-order valence-electron chi connectivity index (χ0n) is 24.7. The second-order valence-electron chi connectivity index (χ2n) is 5.37. The molecule has 7 heteroatoms. The summed E-state index contributed by atoms with van der Waals surface area (Å²) in [6.07, 6.45) is -1.89. The van der Waals surface area contributed by atoms with Crippen molar-refractivity contribution in [1.29, 1.82) is 0 Å². The Kier molecular flexibility index (Phi) is 3.03. The average Bonchev–Trinajstić information content (AvgIpc) is 3.10. The van der Waals surface area contributed by atoms with Crippen molar-refractivity contribution in [1.82, 2.24) is 15.1 Å². The molecular formula is C18H26N4O3. The monoisotopic (exact) mass is 357 g/mol. The van der Waals surface area contributed by atoms with Gasteiger partial charge in [-0.2, -0.15) is 5.10 Å². The lowest BCUT2D eigenvalue weighted by molar-refractivity contribution is -0.114. The fourth-order valence-corrected chi connectivity index (χ4v) is 2.11. The summed E-state index contributed by atoms with van der Waals surface area (Å²) < 4.78 is 89.9. The lowest BCUT2D eigenvalue weighted by atomic mass is 10.0. The van der Waals surface area contributed by atoms with Crippen molar-refractivity contribution in [2.24, 2.45) is 6.98 Å². The van der Waals surface area contributed by atoms with Crippen molar-refractivity contribution in [2.45, 2.75) is 45.6 Å². The van der Waals surface area contributed by atoms with E-state index < -0.39 is 68.4 Å². The highest BCUT2D eigenvalue weighted by Gasteiger charge is 2.25. The molecule has 136 valence electrons. The Hall–Kier alpha value is -2.41. The summed E-state index contributed by atoms with van der Waals surface area (Å²) in [5, 5.41) is 8.43. The van der Waals surface area contributed by atoms with Crippen LogP contribution in [-0.4, -0.2) is 40.3 Å². The zero-order valence-corrected chi connectivity index (χ0v) is 13.7. The van der Waals surface area contributed by atoms with E-state index in [0.29, 0.717) is 4.68 Å². The first-order valence-corrected chi connectivity index (χ1v) is 7.42. The summed E-state index contributed by atoms with van der Waals surface area (Å²) in [5.41, 5.74) is -1.38. The molecule has 1 unspecified atom stereocenters. The third-order valence-electron chi connectivity index (χ3n) is 3.12. The molecule has 0 saturated heterocycles. The lowest BCUT2D eigenvalue weighted by Gasteiger charge is -2.21. The minimum Gasteiger partial charge on any atom is -0.373 e. The number of nitrogens with one attached hydrogen (secondary N) is 2. The fraction of sp³-hybridized carbons (Fsp3) is 0.500. The van der Waals surface area contributed by atoms with Gasteiger partial charge in [-0.15, -0.1) is 0 Å². The highest BCUT2D eigenvalue weighted by Crippen LogP contribution is 2.21. The number of allylic oxidation sites excluding steroid dienone is 2. The van der Waals surface area contributed by atoms with Crippen LogP contribution in [0.5, 0.6) is 0 Å². The van der Waals surface area contributed by atoms with Gasteiger partial charge in [0.15, 0.2) is 0 Å². The Morgan fingerprint density at radius 1 is 1.56 bits per heavy atom. The van der Waals surface area contributed by atoms with E-state index >= 15 is 0 Å². The fourth-order valence-electron chi connectivity index (χ4n) is 2.11. The number of amides is 2. The summed E-state index contributed by atoms with van der Waals surface area (Å²) in [7, 11) is 0. The summed E-state index contributed by atoms with van der Waals surface area (Å²) >= 11 is 0. The van der Waals surface area contributed by atoms with Crippen LogP contribution in [0, 0.1) is 0 Å². The maximum atomic E-state index is 13.1. The van der Waals surface area contributed by atoms with E-state index in [1.54, 1.807) is 13.8 Å². The van der Waals surface area contributed by atoms with Gasteiger partial charge in [-0.25, -0.2) is 0 Å². The first-order valence-electron chi connectivity index (χ1n) is 12.9. The predicted molar refractivity (Wildman–Crippen MR) is 96.3 cm³/mol. The number of carbonyl (C=O) groups excluding carboxylic acids is 2. The van der Waals surface area contributed by atoms with Crippen LogP contribution in [-0.2, 0) is 16.5 Å². The Morgan fingerprint density at radius 3 is 3.12 bits per heavy atom. The SMILES string of the molecule is [2H]C1(OC([2H])([2H])C([2H])([2H])C([2H])([2H])[2H])CC=CC=C1C(=O)Nc1cnn(C([2H])([2H])[2H])c1C(=O)NC(C)C. The number of anilines is 1. The number of aromatic nitrogens is 2. The number of aryl methyl sites for hydroxylation is 1. The van der Waals surface area contributed by atoms with E-state index in [1.165, 1.54) is 12.2 Å². The molecule has 0 radical (unpaired) electrons. The molecule has 0 fully saturated rings. The molecular weight excluding hydrogens is 320 g/mol. The highest BCUT2D eigenvalue weighted by molar-refractivity contribution is 6.08. The number of hydrogen-bond acceptors (Lipinski definition) is 4. The van der Waals surface area contributed by atoms with Crippen LogP contribution in [0.25, 0.3) is 0 Å². The molecule has 2 N–H and O–H groups in total. The molecule has 1 aliphatic rings. The normalized spacial score (nSPS) is 28.3. The highest BCUT2D eigenvalue weighted by atomic mass is 16.5. The maximum absolute atomic E-state index is 13.1. The molecule has 1 atom stereocenters. The standard InChI is InChI=1S/C18H26N4O3/c1-5-10-25-15-9-7-6-8-13(15)17(23)21-14-11-19-22(4)16(14)18(24)20-12(2)3/h6-8,11-12,15H,5,9-10H2,1-4H3,(H,20,24)(H,21,23)/i1D3,4D3,5D2,10D2,15D. The van der Waals surface area contributed by atoms with E-state index in [4.69, 9.17) is 19.8 Å². The molecule has 2 amide bonds. The third kappa shape index (κ3) is 4.79. The Balaban J connectivity index is 2.45. The van der Waals surface area contributed by atoms with Gasteiger partial charge in [-0.3, -0.25) is 14.3 Å². The first kappa shape index (κ1) is 8.80. The smallest absolute Gasteiger partial charge is 0.271 e. The van der Waals surface area contributed by atoms with Crippen LogP contribution in [0.4, 0.5) is 5.69 Å². The Morgan fingerprint density at radius 2 is 2.40 bits per heavy atom. The van der Waals surface area contributed by atoms with Crippen molar-refractivity contribution >= 4 is 17.5 Å². The predicted octanol–water partition coefficient (Wildman–Crippen LogP) is 2.18. The topological polar surface area (TPSA) is 85.2 Å². The van der Waals surface area contributed by atoms with Crippen LogP contribution in [0.3, 0.4) is 0 Å². The van der Waals surface area contributed by atoms with E-state index in [0.717, 1.165) is 12.3 Å². The lowest BCUT2D eigenvalue weighted by Crippen LogP contribution is -2.33. The molecule has 7 nitrogen and oxygen atoms in total. The molecule has 0 spiro atoms. The van der Waals surface area contributed by atoms with Gasteiger partial charge < -0.3 is 15.4 Å². The van der Waals surface area contributed by atoms with Gasteiger partial charge in [-0.05, 0) is 26.6 Å². The van der Waals surface area contributed by atoms with Crippen LogP contribution in [0.15, 0.2) is 30.0 Å². The van der Waals surface area contributed by atoms with Crippen LogP contribution in [0.1, 0.15) is 59.1 Å². The largest absolute Gasteiger partial charge is 0.373 e. The van der Waals surface area contributed by atoms with Crippen molar-refractivity contribution < 1.29 is 29.4 Å². The van der Waals surface area contributed by atoms with Gasteiger partial charge in [0.25, 0.3) is 11.8 Å². The molecule has 1 aromatic heterocycles. The van der Waals surface area contributed by atoms with Crippen molar-refractivity contribution in [3.63, 3.8) is 0 Å². The minimum atomic E-state index is -3.54. The summed E-state index contributed by atoms with van der Waals surface area (Å²) in [6, 6.07) is -0.392. The number of ether oxygens (including phenoxy) is 1. The number of hydrogen-bond donors (Lipinski definition) is 2. The van der Waals surface area contributed by atoms with Crippen LogP contribution >= 0.6 is 0 Å². The van der Waals surface area contributed by atoms with Crippen LogP contribution in [0.2, 0.25) is 0 Å². The molecule has 0 bridgehead atoms. The van der Waals surface area contributed by atoms with Gasteiger partial charge in [0, 0.05) is 36.1 Å². The Labute approximate surface area is 163 Å². The van der Waals surface area contributed by atoms with Gasteiger partial charge in [0.05, 0.1) is 22.1 Å². The van der Waals surface area contributed by atoms with E-state index in [-0.39, 0.29) is 5.69 Å². The average molecular weight is 357 g/mol. The van der Waals surface area contributed by atoms with Crippen molar-refractivity contribution in [3.05, 3.63) is 35.7 Å². The van der Waals surface area contributed by atoms with Gasteiger partial charge >= 0.3 is 0 Å². The second kappa shape index (κ2) is 8.62. The minimum absolute atomic E-state index is 0.326. The molecule has 2 rings (SSSR count). The first-order chi connectivity index (χ1) is 16.1. The Bertz CT molecular complexity index is 1070. The molecule has 1 aliphatic carbocycles. The summed E-state index contributed by atoms with van der Waals surface area (Å²) in [5.74, 6) is -1.97. The van der Waals surface area contributed by atoms with Crippen molar-refractivity contribution in [2.75, 3.05) is 11.9 Å². The zero-order chi connectivity index (χ0) is 27.9. The maximum Gasteiger partial charge on any atom is 0.271 e. The summed E-state index contributed by atoms with van der Waals surface area (Å²) in [4.78, 5) is 25.8. The number of nitrogens with zero attached hydrogens (tertiary/aromatic N) is 2. The molecule has 0 aromatic carbocycles. The molecule has 1 heterocycles. The van der Waals surface area contributed by atoms with E-state index in [9.17, 15) is 9.59 Å². The molecule has 1 aromatic rings. The number of rotatable bonds is 7. The molecule has 0 aliphatic heterocycles. The molecule has 25 heavy (non-hydrogen) atoms. The van der Waals surface area contributed by atoms with Crippen LogP contribution < -0.4 is 10.6 Å². The van der Waals surface area contributed by atoms with Gasteiger partial charge in [-0.1, -0.05) is 25.1 Å². The summed E-state index contributed by atoms with van der Waals surface area (Å²) in [6.45, 7) is -6.60. The number of carbonyl (C=O) groups is 2. The van der Waals surface area contributed by atoms with E-state index in [2.05, 4.69) is 15.7 Å².